The molecule has 0 bridgehead atoms. The van der Waals surface area contributed by atoms with Gasteiger partial charge in [-0.3, -0.25) is 14.5 Å². The Morgan fingerprint density at radius 2 is 1.77 bits per heavy atom. The molecule has 0 aliphatic carbocycles. The Morgan fingerprint density at radius 1 is 1.08 bits per heavy atom. The van der Waals surface area contributed by atoms with Crippen LogP contribution in [0.2, 0.25) is 0 Å². The van der Waals surface area contributed by atoms with E-state index in [1.807, 2.05) is 0 Å². The molecule has 5 nitrogen and oxygen atoms in total. The molecule has 7 heteroatoms. The van der Waals surface area contributed by atoms with Crippen LogP contribution < -0.4 is 0 Å². The summed E-state index contributed by atoms with van der Waals surface area (Å²) in [5, 5.41) is 2.10. The van der Waals surface area contributed by atoms with Crippen molar-refractivity contribution in [2.45, 2.75) is 25.3 Å². The summed E-state index contributed by atoms with van der Waals surface area (Å²) in [6.45, 7) is 4.62. The van der Waals surface area contributed by atoms with Gasteiger partial charge in [0.05, 0.1) is 11.1 Å². The van der Waals surface area contributed by atoms with E-state index in [0.717, 1.165) is 27.4 Å². The van der Waals surface area contributed by atoms with Crippen molar-refractivity contribution >= 4 is 45.1 Å². The van der Waals surface area contributed by atoms with Crippen LogP contribution in [-0.4, -0.2) is 39.0 Å². The van der Waals surface area contributed by atoms with Crippen molar-refractivity contribution in [2.75, 3.05) is 12.3 Å². The lowest BCUT2D eigenvalue weighted by Crippen LogP contribution is -2.31. The average Bonchev–Trinajstić information content (AvgIpc) is 3.07. The van der Waals surface area contributed by atoms with Crippen LogP contribution in [0.1, 0.15) is 37.6 Å². The predicted molar refractivity (Wildman–Crippen MR) is 104 cm³/mol. The van der Waals surface area contributed by atoms with E-state index in [1.54, 1.807) is 53.7 Å². The highest BCUT2D eigenvalue weighted by atomic mass is 32.2. The minimum Gasteiger partial charge on any atom is -0.274 e. The summed E-state index contributed by atoms with van der Waals surface area (Å²) in [7, 11) is 0. The maximum absolute atomic E-state index is 12.4. The van der Waals surface area contributed by atoms with Crippen LogP contribution in [0.5, 0.6) is 0 Å². The highest BCUT2D eigenvalue weighted by Crippen LogP contribution is 2.34. The van der Waals surface area contributed by atoms with Gasteiger partial charge in [-0.15, -0.1) is 23.1 Å². The van der Waals surface area contributed by atoms with E-state index < -0.39 is 0 Å². The van der Waals surface area contributed by atoms with E-state index in [4.69, 9.17) is 0 Å². The molecule has 0 N–H and O–H groups in total. The van der Waals surface area contributed by atoms with Gasteiger partial charge in [-0.05, 0) is 38.0 Å². The summed E-state index contributed by atoms with van der Waals surface area (Å²) in [6.07, 6.45) is 2.33. The lowest BCUT2D eigenvalue weighted by molar-refractivity contribution is 0.0655. The van der Waals surface area contributed by atoms with Crippen molar-refractivity contribution in [3.8, 4) is 0 Å². The van der Waals surface area contributed by atoms with Gasteiger partial charge in [0, 0.05) is 22.6 Å². The van der Waals surface area contributed by atoms with Gasteiger partial charge in [0.2, 0.25) is 0 Å². The smallest absolute Gasteiger partial charge is 0.261 e. The van der Waals surface area contributed by atoms with Crippen molar-refractivity contribution in [1.82, 2.24) is 14.9 Å². The number of nitrogens with zero attached hydrogens (tertiary/aromatic N) is 3. The number of hydrogen-bond donors (Lipinski definition) is 0. The Hall–Kier alpha value is -2.25. The third-order valence-electron chi connectivity index (χ3n) is 4.57. The normalized spacial score (nSPS) is 13.7. The Bertz CT molecular complexity index is 994. The van der Waals surface area contributed by atoms with Gasteiger partial charge >= 0.3 is 0 Å². The lowest BCUT2D eigenvalue weighted by Gasteiger charge is -2.13. The summed E-state index contributed by atoms with van der Waals surface area (Å²) in [5.41, 5.74) is 2.24. The quantitative estimate of drug-likeness (QED) is 0.287. The fourth-order valence-corrected chi connectivity index (χ4v) is 5.14. The van der Waals surface area contributed by atoms with Crippen LogP contribution in [0.15, 0.2) is 35.6 Å². The molecule has 1 aromatic carbocycles. The summed E-state index contributed by atoms with van der Waals surface area (Å²) >= 11 is 3.34. The van der Waals surface area contributed by atoms with Crippen LogP contribution in [0, 0.1) is 13.8 Å². The molecule has 0 fully saturated rings. The van der Waals surface area contributed by atoms with Crippen LogP contribution in [0.3, 0.4) is 0 Å². The molecule has 4 rings (SSSR count). The number of thioether (sulfide) groups is 1. The van der Waals surface area contributed by atoms with E-state index in [-0.39, 0.29) is 11.8 Å². The number of rotatable bonds is 5. The summed E-state index contributed by atoms with van der Waals surface area (Å²) in [5.74, 6) is 0.405. The standard InChI is InChI=1S/C19H17N3O2S2/c1-11-12(2)26-17-15(11)16(20-10-21-17)25-9-5-8-22-18(23)13-6-3-4-7-14(13)19(22)24/h3-4,6-7,10H,5,8-9H2,1-2H3. The first-order chi connectivity index (χ1) is 12.6. The number of thiophene rings is 1. The first-order valence-electron chi connectivity index (χ1n) is 8.36. The number of hydrogen-bond acceptors (Lipinski definition) is 6. The fourth-order valence-electron chi connectivity index (χ4n) is 3.09. The van der Waals surface area contributed by atoms with Gasteiger partial charge in [0.25, 0.3) is 11.8 Å². The number of benzene rings is 1. The molecule has 1 aliphatic rings. The molecule has 2 aromatic heterocycles. The van der Waals surface area contributed by atoms with Gasteiger partial charge in [-0.1, -0.05) is 12.1 Å². The molecule has 2 amide bonds. The number of aromatic nitrogens is 2. The molecular weight excluding hydrogens is 366 g/mol. The minimum absolute atomic E-state index is 0.190. The highest BCUT2D eigenvalue weighted by molar-refractivity contribution is 7.99. The molecular formula is C19H17N3O2S2. The molecule has 1 aliphatic heterocycles. The van der Waals surface area contributed by atoms with Crippen molar-refractivity contribution < 1.29 is 9.59 Å². The molecule has 132 valence electrons. The second-order valence-electron chi connectivity index (χ2n) is 6.15. The van der Waals surface area contributed by atoms with E-state index in [0.29, 0.717) is 17.7 Å². The zero-order valence-electron chi connectivity index (χ0n) is 14.5. The number of carbonyl (C=O) groups is 2. The van der Waals surface area contributed by atoms with Crippen LogP contribution >= 0.6 is 23.1 Å². The Morgan fingerprint density at radius 3 is 2.46 bits per heavy atom. The third-order valence-corrected chi connectivity index (χ3v) is 6.76. The first kappa shape index (κ1) is 17.2. The molecule has 26 heavy (non-hydrogen) atoms. The van der Waals surface area contributed by atoms with Crippen LogP contribution in [-0.2, 0) is 0 Å². The monoisotopic (exact) mass is 383 g/mol. The summed E-state index contributed by atoms with van der Waals surface area (Å²) in [4.78, 5) is 37.1. The Labute approximate surface area is 159 Å². The maximum Gasteiger partial charge on any atom is 0.261 e. The van der Waals surface area contributed by atoms with Crippen LogP contribution in [0.4, 0.5) is 0 Å². The van der Waals surface area contributed by atoms with Gasteiger partial charge in [0.15, 0.2) is 0 Å². The zero-order chi connectivity index (χ0) is 18.3. The first-order valence-corrected chi connectivity index (χ1v) is 10.2. The zero-order valence-corrected chi connectivity index (χ0v) is 16.1. The molecule has 3 heterocycles. The van der Waals surface area contributed by atoms with Crippen LogP contribution in [0.25, 0.3) is 10.2 Å². The van der Waals surface area contributed by atoms with Crippen molar-refractivity contribution in [2.24, 2.45) is 0 Å². The number of imide groups is 1. The fraction of sp³-hybridized carbons (Fsp3) is 0.263. The highest BCUT2D eigenvalue weighted by Gasteiger charge is 2.34. The second-order valence-corrected chi connectivity index (χ2v) is 8.44. The second kappa shape index (κ2) is 6.81. The van der Waals surface area contributed by atoms with E-state index in [1.165, 1.54) is 15.3 Å². The van der Waals surface area contributed by atoms with Gasteiger partial charge in [0.1, 0.15) is 16.2 Å². The van der Waals surface area contributed by atoms with Crippen molar-refractivity contribution in [3.63, 3.8) is 0 Å². The number of aryl methyl sites for hydroxylation is 2. The van der Waals surface area contributed by atoms with E-state index in [2.05, 4.69) is 23.8 Å². The van der Waals surface area contributed by atoms with E-state index in [9.17, 15) is 9.59 Å². The maximum atomic E-state index is 12.4. The average molecular weight is 383 g/mol. The summed E-state index contributed by atoms with van der Waals surface area (Å²) < 4.78 is 0. The van der Waals surface area contributed by atoms with Gasteiger partial charge in [-0.25, -0.2) is 9.97 Å². The topological polar surface area (TPSA) is 63.2 Å². The molecule has 0 spiro atoms. The predicted octanol–water partition coefficient (Wildman–Crippen LogP) is 4.09. The molecule has 0 saturated heterocycles. The van der Waals surface area contributed by atoms with Gasteiger partial charge < -0.3 is 0 Å². The third kappa shape index (κ3) is 2.81. The SMILES string of the molecule is Cc1sc2ncnc(SCCCN3C(=O)c4ccccc4C3=O)c2c1C. The number of carbonyl (C=O) groups excluding carboxylic acids is 2. The lowest BCUT2D eigenvalue weighted by atomic mass is 10.1. The Kier molecular flexibility index (Phi) is 4.50. The molecule has 0 atom stereocenters. The van der Waals surface area contributed by atoms with E-state index >= 15 is 0 Å². The van der Waals surface area contributed by atoms with Crippen molar-refractivity contribution in [1.29, 1.82) is 0 Å². The molecule has 0 unspecified atom stereocenters. The van der Waals surface area contributed by atoms with Gasteiger partial charge in [-0.2, -0.15) is 0 Å². The molecule has 0 saturated carbocycles. The Balaban J connectivity index is 1.41. The van der Waals surface area contributed by atoms with Crippen molar-refractivity contribution in [3.05, 3.63) is 52.2 Å². The summed E-state index contributed by atoms with van der Waals surface area (Å²) in [6, 6.07) is 7.00. The largest absolute Gasteiger partial charge is 0.274 e. The molecule has 3 aromatic rings. The molecule has 0 radical (unpaired) electrons. The minimum atomic E-state index is -0.190. The number of amides is 2. The number of fused-ring (bicyclic) bond motifs is 2.